The van der Waals surface area contributed by atoms with Crippen LogP contribution in [0.15, 0.2) is 42.5 Å². The molecule has 7 nitrogen and oxygen atoms in total. The Morgan fingerprint density at radius 1 is 0.967 bits per heavy atom. The summed E-state index contributed by atoms with van der Waals surface area (Å²) < 4.78 is 21.1. The predicted molar refractivity (Wildman–Crippen MR) is 113 cm³/mol. The molecule has 162 valence electrons. The fourth-order valence-corrected chi connectivity index (χ4v) is 2.67. The van der Waals surface area contributed by atoms with Crippen molar-refractivity contribution in [3.8, 4) is 17.2 Å². The standard InChI is InChI=1S/C23H29NO6/c1-4-5-14-29-19-9-7-18(8-10-19)23(26)30-16-22(25)24-13-12-17-6-11-20(27-2)21(15-17)28-3/h6-11,15H,4-5,12-14,16H2,1-3H3,(H,24,25). The Morgan fingerprint density at radius 3 is 2.37 bits per heavy atom. The number of ether oxygens (including phenoxy) is 4. The lowest BCUT2D eigenvalue weighted by atomic mass is 10.1. The van der Waals surface area contributed by atoms with Crippen LogP contribution in [0.25, 0.3) is 0 Å². The molecule has 0 aliphatic heterocycles. The monoisotopic (exact) mass is 415 g/mol. The lowest BCUT2D eigenvalue weighted by Gasteiger charge is -2.10. The van der Waals surface area contributed by atoms with Crippen LogP contribution in [-0.4, -0.2) is 45.9 Å². The summed E-state index contributed by atoms with van der Waals surface area (Å²) in [5, 5.41) is 2.73. The molecule has 0 atom stereocenters. The van der Waals surface area contributed by atoms with Crippen molar-refractivity contribution in [1.29, 1.82) is 0 Å². The first-order valence-electron chi connectivity index (χ1n) is 9.95. The molecule has 0 radical (unpaired) electrons. The fourth-order valence-electron chi connectivity index (χ4n) is 2.67. The average Bonchev–Trinajstić information content (AvgIpc) is 2.78. The Bertz CT molecular complexity index is 819. The molecular formula is C23H29NO6. The summed E-state index contributed by atoms with van der Waals surface area (Å²) >= 11 is 0. The van der Waals surface area contributed by atoms with E-state index < -0.39 is 5.97 Å². The van der Waals surface area contributed by atoms with E-state index in [1.165, 1.54) is 0 Å². The molecule has 2 aromatic rings. The molecule has 1 amide bonds. The van der Waals surface area contributed by atoms with E-state index >= 15 is 0 Å². The van der Waals surface area contributed by atoms with Gasteiger partial charge in [-0.05, 0) is 54.8 Å². The van der Waals surface area contributed by atoms with Gasteiger partial charge < -0.3 is 24.3 Å². The highest BCUT2D eigenvalue weighted by Crippen LogP contribution is 2.27. The van der Waals surface area contributed by atoms with Crippen molar-refractivity contribution in [2.24, 2.45) is 0 Å². The first kappa shape index (κ1) is 23.1. The average molecular weight is 415 g/mol. The van der Waals surface area contributed by atoms with Crippen LogP contribution in [0.2, 0.25) is 0 Å². The van der Waals surface area contributed by atoms with Crippen LogP contribution in [-0.2, 0) is 16.0 Å². The van der Waals surface area contributed by atoms with E-state index in [1.54, 1.807) is 38.5 Å². The van der Waals surface area contributed by atoms with Gasteiger partial charge in [0.2, 0.25) is 0 Å². The number of rotatable bonds is 12. The maximum atomic E-state index is 12.1. The minimum absolute atomic E-state index is 0.334. The summed E-state index contributed by atoms with van der Waals surface area (Å²) in [6.07, 6.45) is 2.64. The summed E-state index contributed by atoms with van der Waals surface area (Å²) in [4.78, 5) is 24.0. The van der Waals surface area contributed by atoms with Crippen LogP contribution in [0.1, 0.15) is 35.7 Å². The number of carbonyl (C=O) groups is 2. The molecular weight excluding hydrogens is 386 g/mol. The highest BCUT2D eigenvalue weighted by Gasteiger charge is 2.11. The van der Waals surface area contributed by atoms with E-state index in [0.717, 1.165) is 18.4 Å². The Hall–Kier alpha value is -3.22. The van der Waals surface area contributed by atoms with Crippen molar-refractivity contribution in [2.75, 3.05) is 34.0 Å². The first-order chi connectivity index (χ1) is 14.6. The van der Waals surface area contributed by atoms with Gasteiger partial charge in [-0.3, -0.25) is 4.79 Å². The van der Waals surface area contributed by atoms with Gasteiger partial charge in [-0.2, -0.15) is 0 Å². The van der Waals surface area contributed by atoms with Gasteiger partial charge in [-0.1, -0.05) is 19.4 Å². The molecule has 2 aromatic carbocycles. The zero-order valence-electron chi connectivity index (χ0n) is 17.7. The van der Waals surface area contributed by atoms with Gasteiger partial charge in [0.25, 0.3) is 5.91 Å². The molecule has 0 aromatic heterocycles. The van der Waals surface area contributed by atoms with Gasteiger partial charge in [0.1, 0.15) is 5.75 Å². The number of esters is 1. The number of unbranched alkanes of at least 4 members (excludes halogenated alkanes) is 1. The zero-order chi connectivity index (χ0) is 21.8. The summed E-state index contributed by atoms with van der Waals surface area (Å²) in [5.74, 6) is 1.08. The summed E-state index contributed by atoms with van der Waals surface area (Å²) in [7, 11) is 3.15. The van der Waals surface area contributed by atoms with Crippen molar-refractivity contribution < 1.29 is 28.5 Å². The lowest BCUT2D eigenvalue weighted by Crippen LogP contribution is -2.30. The summed E-state index contributed by atoms with van der Waals surface area (Å²) in [6.45, 7) is 2.81. The van der Waals surface area contributed by atoms with E-state index in [-0.39, 0.29) is 12.5 Å². The Kier molecular flexibility index (Phi) is 9.51. The third-order valence-electron chi connectivity index (χ3n) is 4.37. The summed E-state index contributed by atoms with van der Waals surface area (Å²) in [5.41, 5.74) is 1.36. The quantitative estimate of drug-likeness (QED) is 0.423. The zero-order valence-corrected chi connectivity index (χ0v) is 17.7. The maximum Gasteiger partial charge on any atom is 0.338 e. The number of amides is 1. The molecule has 0 fully saturated rings. The van der Waals surface area contributed by atoms with Crippen molar-refractivity contribution in [3.05, 3.63) is 53.6 Å². The van der Waals surface area contributed by atoms with Crippen LogP contribution in [0, 0.1) is 0 Å². The van der Waals surface area contributed by atoms with Crippen LogP contribution in [0.4, 0.5) is 0 Å². The van der Waals surface area contributed by atoms with E-state index in [1.807, 2.05) is 18.2 Å². The van der Waals surface area contributed by atoms with Crippen LogP contribution >= 0.6 is 0 Å². The molecule has 0 aliphatic rings. The largest absolute Gasteiger partial charge is 0.494 e. The van der Waals surface area contributed by atoms with Crippen molar-refractivity contribution in [1.82, 2.24) is 5.32 Å². The molecule has 0 unspecified atom stereocenters. The van der Waals surface area contributed by atoms with Gasteiger partial charge in [-0.15, -0.1) is 0 Å². The van der Waals surface area contributed by atoms with Gasteiger partial charge >= 0.3 is 5.97 Å². The number of carbonyl (C=O) groups excluding carboxylic acids is 2. The normalized spacial score (nSPS) is 10.2. The Balaban J connectivity index is 1.72. The highest BCUT2D eigenvalue weighted by molar-refractivity contribution is 5.91. The first-order valence-corrected chi connectivity index (χ1v) is 9.95. The van der Waals surface area contributed by atoms with Crippen molar-refractivity contribution in [2.45, 2.75) is 26.2 Å². The molecule has 7 heteroatoms. The third-order valence-corrected chi connectivity index (χ3v) is 4.37. The van der Waals surface area contributed by atoms with Crippen molar-refractivity contribution >= 4 is 11.9 Å². The Morgan fingerprint density at radius 2 is 1.70 bits per heavy atom. The maximum absolute atomic E-state index is 12.1. The molecule has 0 aliphatic carbocycles. The molecule has 2 rings (SSSR count). The van der Waals surface area contributed by atoms with E-state index in [4.69, 9.17) is 18.9 Å². The predicted octanol–water partition coefficient (Wildman–Crippen LogP) is 3.40. The number of hydrogen-bond acceptors (Lipinski definition) is 6. The molecule has 0 spiro atoms. The summed E-state index contributed by atoms with van der Waals surface area (Å²) in [6, 6.07) is 12.3. The Labute approximate surface area is 177 Å². The number of nitrogens with one attached hydrogen (secondary N) is 1. The second-order valence-electron chi connectivity index (χ2n) is 6.59. The third kappa shape index (κ3) is 7.31. The topological polar surface area (TPSA) is 83.1 Å². The van der Waals surface area contributed by atoms with Crippen LogP contribution in [0.3, 0.4) is 0 Å². The minimum atomic E-state index is -0.551. The second kappa shape index (κ2) is 12.4. The van der Waals surface area contributed by atoms with E-state index in [2.05, 4.69) is 12.2 Å². The molecule has 0 bridgehead atoms. The molecule has 0 heterocycles. The van der Waals surface area contributed by atoms with Gasteiger partial charge in [0.15, 0.2) is 18.1 Å². The van der Waals surface area contributed by atoms with Gasteiger partial charge in [0.05, 0.1) is 26.4 Å². The molecule has 1 N–H and O–H groups in total. The van der Waals surface area contributed by atoms with E-state index in [0.29, 0.717) is 42.4 Å². The molecule has 0 saturated carbocycles. The second-order valence-corrected chi connectivity index (χ2v) is 6.59. The van der Waals surface area contributed by atoms with Crippen LogP contribution in [0.5, 0.6) is 17.2 Å². The lowest BCUT2D eigenvalue weighted by molar-refractivity contribution is -0.124. The highest BCUT2D eigenvalue weighted by atomic mass is 16.5. The SMILES string of the molecule is CCCCOc1ccc(C(=O)OCC(=O)NCCc2ccc(OC)c(OC)c2)cc1. The van der Waals surface area contributed by atoms with Crippen molar-refractivity contribution in [3.63, 3.8) is 0 Å². The van der Waals surface area contributed by atoms with Gasteiger partial charge in [-0.25, -0.2) is 4.79 Å². The fraction of sp³-hybridized carbons (Fsp3) is 0.391. The number of methoxy groups -OCH3 is 2. The minimum Gasteiger partial charge on any atom is -0.494 e. The molecule has 30 heavy (non-hydrogen) atoms. The smallest absolute Gasteiger partial charge is 0.338 e. The van der Waals surface area contributed by atoms with Gasteiger partial charge in [0, 0.05) is 6.54 Å². The number of benzene rings is 2. The molecule has 0 saturated heterocycles. The van der Waals surface area contributed by atoms with E-state index in [9.17, 15) is 9.59 Å². The number of hydrogen-bond donors (Lipinski definition) is 1. The van der Waals surface area contributed by atoms with Crippen LogP contribution < -0.4 is 19.5 Å².